The molecule has 0 N–H and O–H groups in total. The van der Waals surface area contributed by atoms with Gasteiger partial charge in [0.1, 0.15) is 0 Å². The van der Waals surface area contributed by atoms with Gasteiger partial charge in [0.05, 0.1) is 5.69 Å². The Hall–Kier alpha value is -0.860. The van der Waals surface area contributed by atoms with Gasteiger partial charge >= 0.3 is 0 Å². The second-order valence-electron chi connectivity index (χ2n) is 2.71. The first-order chi connectivity index (χ1) is 6.12. The van der Waals surface area contributed by atoms with E-state index in [4.69, 9.17) is 23.2 Å². The summed E-state index contributed by atoms with van der Waals surface area (Å²) < 4.78 is -1.47. The van der Waals surface area contributed by atoms with Crippen LogP contribution in [0.25, 0.3) is 6.08 Å². The molecule has 0 saturated heterocycles. The Labute approximate surface area is 85.2 Å². The summed E-state index contributed by atoms with van der Waals surface area (Å²) in [7, 11) is 0. The quantitative estimate of drug-likeness (QED) is 0.620. The van der Waals surface area contributed by atoms with Gasteiger partial charge in [0, 0.05) is 11.8 Å². The summed E-state index contributed by atoms with van der Waals surface area (Å²) in [5.74, 6) is -0.323. The number of carbonyl (C=O) groups is 1. The van der Waals surface area contributed by atoms with Gasteiger partial charge in [-0.05, 0) is 18.2 Å². The molecule has 13 heavy (non-hydrogen) atoms. The van der Waals surface area contributed by atoms with Crippen molar-refractivity contribution in [2.75, 3.05) is 0 Å². The van der Waals surface area contributed by atoms with Crippen LogP contribution in [0.2, 0.25) is 0 Å². The second kappa shape index (κ2) is 2.82. The highest BCUT2D eigenvalue weighted by atomic mass is 35.5. The van der Waals surface area contributed by atoms with E-state index in [-0.39, 0.29) is 5.78 Å². The molecule has 0 atom stereocenters. The van der Waals surface area contributed by atoms with E-state index < -0.39 is 4.33 Å². The highest BCUT2D eigenvalue weighted by Gasteiger charge is 2.38. The molecule has 0 amide bonds. The summed E-state index contributed by atoms with van der Waals surface area (Å²) in [4.78, 5) is 15.3. The molecule has 66 valence electrons. The molecule has 4 heteroatoms. The molecule has 1 aliphatic carbocycles. The maximum absolute atomic E-state index is 11.3. The van der Waals surface area contributed by atoms with E-state index in [1.54, 1.807) is 24.4 Å². The largest absolute Gasteiger partial charge is 0.291 e. The summed E-state index contributed by atoms with van der Waals surface area (Å²) in [6, 6.07) is 3.40. The molecule has 0 unspecified atom stereocenters. The maximum atomic E-state index is 11.3. The van der Waals surface area contributed by atoms with Crippen LogP contribution in [0.15, 0.2) is 24.4 Å². The molecule has 2 rings (SSSR count). The Bertz CT molecular complexity index is 398. The summed E-state index contributed by atoms with van der Waals surface area (Å²) >= 11 is 11.8. The molecule has 0 spiro atoms. The van der Waals surface area contributed by atoms with E-state index in [1.807, 2.05) is 0 Å². The molecule has 1 heterocycles. The first kappa shape index (κ1) is 8.73. The van der Waals surface area contributed by atoms with Crippen LogP contribution < -0.4 is 0 Å². The lowest BCUT2D eigenvalue weighted by Crippen LogP contribution is -2.25. The van der Waals surface area contributed by atoms with E-state index in [1.165, 1.54) is 6.08 Å². The minimum Gasteiger partial charge on any atom is -0.291 e. The zero-order valence-corrected chi connectivity index (χ0v) is 8.01. The molecule has 0 bridgehead atoms. The van der Waals surface area contributed by atoms with Gasteiger partial charge in [-0.15, -0.1) is 0 Å². The molecule has 0 aliphatic heterocycles. The second-order valence-corrected chi connectivity index (χ2v) is 4.04. The van der Waals surface area contributed by atoms with Crippen molar-refractivity contribution < 1.29 is 4.79 Å². The van der Waals surface area contributed by atoms with Gasteiger partial charge in [-0.1, -0.05) is 29.3 Å². The topological polar surface area (TPSA) is 30.0 Å². The average molecular weight is 214 g/mol. The highest BCUT2D eigenvalue weighted by molar-refractivity contribution is 6.59. The first-order valence-electron chi connectivity index (χ1n) is 3.68. The van der Waals surface area contributed by atoms with Crippen LogP contribution in [-0.4, -0.2) is 10.8 Å². The number of pyridine rings is 1. The number of hydrogen-bond acceptors (Lipinski definition) is 2. The van der Waals surface area contributed by atoms with Crippen molar-refractivity contribution in [1.29, 1.82) is 0 Å². The zero-order valence-electron chi connectivity index (χ0n) is 6.50. The maximum Gasteiger partial charge on any atom is 0.206 e. The third-order valence-electron chi connectivity index (χ3n) is 1.88. The van der Waals surface area contributed by atoms with Crippen LogP contribution in [0, 0.1) is 0 Å². The first-order valence-corrected chi connectivity index (χ1v) is 4.44. The van der Waals surface area contributed by atoms with Crippen LogP contribution in [0.1, 0.15) is 11.3 Å². The number of alkyl halides is 2. The zero-order chi connectivity index (χ0) is 9.47. The molecule has 0 aromatic carbocycles. The lowest BCUT2D eigenvalue weighted by atomic mass is 10.0. The molecule has 0 fully saturated rings. The highest BCUT2D eigenvalue weighted by Crippen LogP contribution is 2.39. The minimum absolute atomic E-state index is 0.323. The lowest BCUT2D eigenvalue weighted by molar-refractivity contribution is -0.115. The number of rotatable bonds is 0. The predicted octanol–water partition coefficient (Wildman–Crippen LogP) is 2.31. The predicted molar refractivity (Wildman–Crippen MR) is 51.7 cm³/mol. The van der Waals surface area contributed by atoms with E-state index in [0.717, 1.165) is 0 Å². The van der Waals surface area contributed by atoms with Crippen molar-refractivity contribution in [2.45, 2.75) is 4.33 Å². The number of aromatic nitrogens is 1. The fourth-order valence-corrected chi connectivity index (χ4v) is 1.65. The van der Waals surface area contributed by atoms with Crippen molar-refractivity contribution in [2.24, 2.45) is 0 Å². The number of halogens is 2. The molecular weight excluding hydrogens is 209 g/mol. The smallest absolute Gasteiger partial charge is 0.206 e. The number of allylic oxidation sites excluding steroid dienone is 1. The third-order valence-corrected chi connectivity index (χ3v) is 2.66. The van der Waals surface area contributed by atoms with Gasteiger partial charge in [-0.2, -0.15) is 0 Å². The molecule has 1 aromatic rings. The van der Waals surface area contributed by atoms with Crippen LogP contribution in [-0.2, 0) is 9.13 Å². The summed E-state index contributed by atoms with van der Waals surface area (Å²) in [6.07, 6.45) is 4.58. The molecular formula is C9H5Cl2NO. The van der Waals surface area contributed by atoms with E-state index >= 15 is 0 Å². The molecule has 2 nitrogen and oxygen atoms in total. The van der Waals surface area contributed by atoms with Gasteiger partial charge < -0.3 is 0 Å². The Morgan fingerprint density at radius 1 is 1.31 bits per heavy atom. The molecule has 1 aliphatic rings. The van der Waals surface area contributed by atoms with Crippen LogP contribution in [0.5, 0.6) is 0 Å². The Morgan fingerprint density at radius 3 is 2.85 bits per heavy atom. The fraction of sp³-hybridized carbons (Fsp3) is 0.111. The van der Waals surface area contributed by atoms with Gasteiger partial charge in [0.25, 0.3) is 0 Å². The van der Waals surface area contributed by atoms with Gasteiger partial charge in [0.2, 0.25) is 4.33 Å². The van der Waals surface area contributed by atoms with E-state index in [9.17, 15) is 4.79 Å². The van der Waals surface area contributed by atoms with Crippen LogP contribution >= 0.6 is 23.2 Å². The number of ketones is 1. The van der Waals surface area contributed by atoms with Crippen molar-refractivity contribution in [1.82, 2.24) is 4.98 Å². The van der Waals surface area contributed by atoms with Crippen molar-refractivity contribution in [3.63, 3.8) is 0 Å². The summed E-state index contributed by atoms with van der Waals surface area (Å²) in [6.45, 7) is 0. The standard InChI is InChI=1S/C9H5Cl2NO/c10-9(11)6-2-1-5-12-7(6)3-4-8(9)13/h1-5H. The van der Waals surface area contributed by atoms with Crippen LogP contribution in [0.4, 0.5) is 0 Å². The summed E-state index contributed by atoms with van der Waals surface area (Å²) in [5.41, 5.74) is 1.19. The van der Waals surface area contributed by atoms with Gasteiger partial charge in [0.15, 0.2) is 5.78 Å². The molecule has 0 radical (unpaired) electrons. The van der Waals surface area contributed by atoms with Crippen LogP contribution in [0.3, 0.4) is 0 Å². The van der Waals surface area contributed by atoms with Crippen molar-refractivity contribution in [3.8, 4) is 0 Å². The monoisotopic (exact) mass is 213 g/mol. The number of nitrogens with zero attached hydrogens (tertiary/aromatic N) is 1. The Balaban J connectivity index is 2.68. The van der Waals surface area contributed by atoms with Gasteiger partial charge in [-0.3, -0.25) is 9.78 Å². The van der Waals surface area contributed by atoms with E-state index in [2.05, 4.69) is 4.98 Å². The minimum atomic E-state index is -1.47. The Kier molecular flexibility index (Phi) is 1.90. The normalized spacial score (nSPS) is 18.5. The average Bonchev–Trinajstić information content (AvgIpc) is 2.13. The summed E-state index contributed by atoms with van der Waals surface area (Å²) in [5, 5.41) is 0. The molecule has 0 saturated carbocycles. The number of hydrogen-bond donors (Lipinski definition) is 0. The molecule has 1 aromatic heterocycles. The van der Waals surface area contributed by atoms with E-state index in [0.29, 0.717) is 11.3 Å². The number of fused-ring (bicyclic) bond motifs is 1. The lowest BCUT2D eigenvalue weighted by Gasteiger charge is -2.21. The van der Waals surface area contributed by atoms with Crippen molar-refractivity contribution in [3.05, 3.63) is 35.7 Å². The van der Waals surface area contributed by atoms with Gasteiger partial charge in [-0.25, -0.2) is 0 Å². The van der Waals surface area contributed by atoms with Crippen molar-refractivity contribution >= 4 is 35.1 Å². The Morgan fingerprint density at radius 2 is 2.08 bits per heavy atom. The SMILES string of the molecule is O=C1C=Cc2ncccc2C1(Cl)Cl. The fourth-order valence-electron chi connectivity index (χ4n) is 1.21. The number of carbonyl (C=O) groups excluding carboxylic acids is 1. The third kappa shape index (κ3) is 1.26.